The highest BCUT2D eigenvalue weighted by Crippen LogP contribution is 2.30. The highest BCUT2D eigenvalue weighted by atomic mass is 127. The second kappa shape index (κ2) is 7.75. The summed E-state index contributed by atoms with van der Waals surface area (Å²) in [5.74, 6) is 0.705. The van der Waals surface area contributed by atoms with Crippen molar-refractivity contribution in [2.45, 2.75) is 37.4 Å². The third-order valence-corrected chi connectivity index (χ3v) is 5.51. The number of benzene rings is 1. The van der Waals surface area contributed by atoms with Gasteiger partial charge in [-0.2, -0.15) is 0 Å². The lowest BCUT2D eigenvalue weighted by Gasteiger charge is -2.22. The van der Waals surface area contributed by atoms with E-state index in [9.17, 15) is 15.3 Å². The van der Waals surface area contributed by atoms with E-state index >= 15 is 0 Å². The highest BCUT2D eigenvalue weighted by Gasteiger charge is 2.44. The van der Waals surface area contributed by atoms with Gasteiger partial charge in [-0.05, 0) is 86.8 Å². The fourth-order valence-corrected chi connectivity index (χ4v) is 6.02. The Labute approximate surface area is 163 Å². The zero-order valence-corrected chi connectivity index (χ0v) is 17.5. The van der Waals surface area contributed by atoms with Gasteiger partial charge < -0.3 is 24.8 Å². The summed E-state index contributed by atoms with van der Waals surface area (Å²) in [4.78, 5) is 0. The van der Waals surface area contributed by atoms with Crippen molar-refractivity contribution in [1.82, 2.24) is 0 Å². The van der Waals surface area contributed by atoms with Crippen molar-refractivity contribution in [2.24, 2.45) is 0 Å². The normalized spacial score (nSPS) is 30.4. The van der Waals surface area contributed by atoms with Crippen molar-refractivity contribution in [1.29, 1.82) is 0 Å². The summed E-state index contributed by atoms with van der Waals surface area (Å²) in [5, 5.41) is 29.6. The third-order valence-electron chi connectivity index (χ3n) is 3.28. The van der Waals surface area contributed by atoms with Crippen LogP contribution in [-0.2, 0) is 4.74 Å². The molecule has 21 heavy (non-hydrogen) atoms. The molecule has 1 aliphatic heterocycles. The predicted molar refractivity (Wildman–Crippen MR) is 102 cm³/mol. The van der Waals surface area contributed by atoms with Crippen LogP contribution in [-0.4, -0.2) is 52.4 Å². The van der Waals surface area contributed by atoms with E-state index < -0.39 is 30.5 Å². The van der Waals surface area contributed by atoms with Gasteiger partial charge in [0, 0.05) is 3.57 Å². The van der Waals surface area contributed by atoms with E-state index in [1.54, 1.807) is 6.92 Å². The van der Waals surface area contributed by atoms with E-state index in [0.29, 0.717) is 5.75 Å². The molecule has 0 spiro atoms. The minimum absolute atomic E-state index is 0.00619. The van der Waals surface area contributed by atoms with Crippen LogP contribution < -0.4 is 4.74 Å². The van der Waals surface area contributed by atoms with Crippen molar-refractivity contribution in [3.8, 4) is 5.75 Å². The number of halogens is 3. The summed E-state index contributed by atoms with van der Waals surface area (Å²) in [7, 11) is 0. The molecule has 1 fully saturated rings. The molecule has 5 atom stereocenters. The van der Waals surface area contributed by atoms with Crippen LogP contribution in [0.4, 0.5) is 0 Å². The average Bonchev–Trinajstić information content (AvgIpc) is 2.65. The van der Waals surface area contributed by atoms with Crippen LogP contribution in [0, 0.1) is 10.7 Å². The van der Waals surface area contributed by atoms with Crippen LogP contribution in [0.2, 0.25) is 0 Å². The number of aliphatic hydroxyl groups is 3. The molecule has 2 rings (SSSR count). The van der Waals surface area contributed by atoms with E-state index in [-0.39, 0.29) is 6.61 Å². The molecule has 0 aliphatic carbocycles. The van der Waals surface area contributed by atoms with Gasteiger partial charge in [-0.3, -0.25) is 0 Å². The van der Waals surface area contributed by atoms with E-state index in [0.717, 1.165) is 10.7 Å². The minimum Gasteiger partial charge on any atom is -0.489 e. The first-order chi connectivity index (χ1) is 9.81. The Morgan fingerprint density at radius 2 is 1.76 bits per heavy atom. The number of ether oxygens (including phenoxy) is 2. The van der Waals surface area contributed by atoms with Gasteiger partial charge in [-0.15, -0.1) is 0 Å². The largest absolute Gasteiger partial charge is 0.489 e. The topological polar surface area (TPSA) is 79.2 Å². The molecule has 8 heteroatoms. The van der Waals surface area contributed by atoms with Crippen molar-refractivity contribution in [2.75, 3.05) is 6.61 Å². The van der Waals surface area contributed by atoms with E-state index in [2.05, 4.69) is 67.8 Å². The standard InChI is InChI=1S/C13H15I3O5/c1-5-10(18)11(19)13(21-5)9(17)4-20-12-7(15)2-6(14)3-8(12)16/h2-3,5,9-11,13,17-19H,4H2,1H3. The SMILES string of the molecule is CC1OC(C(O)COc2c(I)cc(I)cc2I)C(O)C1O. The van der Waals surface area contributed by atoms with Crippen LogP contribution >= 0.6 is 67.8 Å². The average molecular weight is 632 g/mol. The van der Waals surface area contributed by atoms with Crippen molar-refractivity contribution in [3.63, 3.8) is 0 Å². The highest BCUT2D eigenvalue weighted by molar-refractivity contribution is 14.1. The zero-order valence-electron chi connectivity index (χ0n) is 11.0. The molecule has 5 unspecified atom stereocenters. The zero-order chi connectivity index (χ0) is 15.7. The first kappa shape index (κ1) is 18.4. The van der Waals surface area contributed by atoms with Gasteiger partial charge in [0.1, 0.15) is 36.8 Å². The quantitative estimate of drug-likeness (QED) is 0.442. The van der Waals surface area contributed by atoms with Gasteiger partial charge in [0.05, 0.1) is 13.2 Å². The molecule has 1 saturated heterocycles. The maximum absolute atomic E-state index is 10.1. The number of aliphatic hydroxyl groups excluding tert-OH is 3. The molecule has 1 aromatic carbocycles. The van der Waals surface area contributed by atoms with Crippen molar-refractivity contribution < 1.29 is 24.8 Å². The third kappa shape index (κ3) is 4.32. The molecule has 1 heterocycles. The Hall–Kier alpha value is 1.05. The van der Waals surface area contributed by atoms with Crippen LogP contribution in [0.25, 0.3) is 0 Å². The van der Waals surface area contributed by atoms with Crippen molar-refractivity contribution >= 4 is 67.8 Å². The molecule has 1 aromatic rings. The maximum atomic E-state index is 10.1. The van der Waals surface area contributed by atoms with Crippen LogP contribution in [0.5, 0.6) is 5.75 Å². The van der Waals surface area contributed by atoms with Crippen molar-refractivity contribution in [3.05, 3.63) is 22.8 Å². The van der Waals surface area contributed by atoms with E-state index in [4.69, 9.17) is 9.47 Å². The van der Waals surface area contributed by atoms with Gasteiger partial charge in [0.25, 0.3) is 0 Å². The lowest BCUT2D eigenvalue weighted by Crippen LogP contribution is -2.41. The van der Waals surface area contributed by atoms with Crippen LogP contribution in [0.1, 0.15) is 6.92 Å². The molecule has 0 bridgehead atoms. The molecule has 5 nitrogen and oxygen atoms in total. The van der Waals surface area contributed by atoms with Gasteiger partial charge in [0.15, 0.2) is 0 Å². The Morgan fingerprint density at radius 3 is 2.24 bits per heavy atom. The summed E-state index contributed by atoms with van der Waals surface area (Å²) in [5.41, 5.74) is 0. The minimum atomic E-state index is -1.10. The second-order valence-electron chi connectivity index (χ2n) is 4.86. The fourth-order valence-electron chi connectivity index (χ4n) is 2.13. The molecular weight excluding hydrogens is 617 g/mol. The smallest absolute Gasteiger partial charge is 0.146 e. The summed E-state index contributed by atoms with van der Waals surface area (Å²) < 4.78 is 14.1. The fraction of sp³-hybridized carbons (Fsp3) is 0.538. The summed E-state index contributed by atoms with van der Waals surface area (Å²) in [6.07, 6.45) is -4.44. The van der Waals surface area contributed by atoms with Gasteiger partial charge in [0.2, 0.25) is 0 Å². The molecule has 3 N–H and O–H groups in total. The Bertz CT molecular complexity index is 490. The van der Waals surface area contributed by atoms with Crippen LogP contribution in [0.3, 0.4) is 0 Å². The van der Waals surface area contributed by atoms with Crippen LogP contribution in [0.15, 0.2) is 12.1 Å². The molecule has 0 aromatic heterocycles. The number of rotatable bonds is 4. The molecule has 0 saturated carbocycles. The van der Waals surface area contributed by atoms with Gasteiger partial charge in [-0.25, -0.2) is 0 Å². The Morgan fingerprint density at radius 1 is 1.19 bits per heavy atom. The summed E-state index contributed by atoms with van der Waals surface area (Å²) in [6.45, 7) is 1.65. The molecule has 118 valence electrons. The predicted octanol–water partition coefficient (Wildman–Crippen LogP) is 1.75. The Kier molecular flexibility index (Phi) is 6.78. The number of hydrogen-bond acceptors (Lipinski definition) is 5. The second-order valence-corrected chi connectivity index (χ2v) is 8.43. The molecule has 0 radical (unpaired) electrons. The van der Waals surface area contributed by atoms with Gasteiger partial charge in [-0.1, -0.05) is 0 Å². The summed E-state index contributed by atoms with van der Waals surface area (Å²) in [6, 6.07) is 3.97. The molecule has 1 aliphatic rings. The monoisotopic (exact) mass is 632 g/mol. The lowest BCUT2D eigenvalue weighted by molar-refractivity contribution is -0.0753. The van der Waals surface area contributed by atoms with E-state index in [1.165, 1.54) is 0 Å². The van der Waals surface area contributed by atoms with E-state index in [1.807, 2.05) is 12.1 Å². The maximum Gasteiger partial charge on any atom is 0.146 e. The Balaban J connectivity index is 2.00. The molecular formula is C13H15I3O5. The first-order valence-corrected chi connectivity index (χ1v) is 9.52. The lowest BCUT2D eigenvalue weighted by atomic mass is 10.1. The summed E-state index contributed by atoms with van der Waals surface area (Å²) >= 11 is 6.59. The number of hydrogen-bond donors (Lipinski definition) is 3. The first-order valence-electron chi connectivity index (χ1n) is 6.28. The van der Waals surface area contributed by atoms with Gasteiger partial charge >= 0.3 is 0 Å². The molecule has 0 amide bonds.